The number of aliphatic imine (C=N–C) groups is 1. The van der Waals surface area contributed by atoms with Gasteiger partial charge in [-0.25, -0.2) is 9.67 Å². The van der Waals surface area contributed by atoms with E-state index in [9.17, 15) is 0 Å². The molecule has 0 bridgehead atoms. The lowest BCUT2D eigenvalue weighted by molar-refractivity contribution is 0.0341. The average Bonchev–Trinajstić information content (AvgIpc) is 3.38. The first-order chi connectivity index (χ1) is 15.8. The molecule has 1 aliphatic heterocycles. The summed E-state index contributed by atoms with van der Waals surface area (Å²) in [6, 6.07) is 18.9. The highest BCUT2D eigenvalue weighted by atomic mass is 16.5. The van der Waals surface area contributed by atoms with Gasteiger partial charge in [0.2, 0.25) is 0 Å². The van der Waals surface area contributed by atoms with Crippen LogP contribution in [0.25, 0.3) is 5.69 Å². The predicted molar refractivity (Wildman–Crippen MR) is 128 cm³/mol. The number of nitrogens with zero attached hydrogens (tertiary/aromatic N) is 4. The van der Waals surface area contributed by atoms with Gasteiger partial charge in [0.15, 0.2) is 5.96 Å². The van der Waals surface area contributed by atoms with Crippen molar-refractivity contribution in [2.45, 2.75) is 26.6 Å². The van der Waals surface area contributed by atoms with Crippen molar-refractivity contribution in [1.29, 1.82) is 0 Å². The number of guanidine groups is 1. The number of hydrogen-bond donors (Lipinski definition) is 2. The molecule has 0 saturated carbocycles. The van der Waals surface area contributed by atoms with Gasteiger partial charge in [0.1, 0.15) is 0 Å². The minimum absolute atomic E-state index is 0.597. The minimum atomic E-state index is 0.597. The van der Waals surface area contributed by atoms with Crippen LogP contribution in [-0.2, 0) is 24.4 Å². The maximum Gasteiger partial charge on any atom is 0.191 e. The van der Waals surface area contributed by atoms with Gasteiger partial charge in [0.25, 0.3) is 0 Å². The molecular weight excluding hydrogens is 400 g/mol. The lowest BCUT2D eigenvalue weighted by Crippen LogP contribution is -2.38. The smallest absolute Gasteiger partial charge is 0.191 e. The molecule has 0 radical (unpaired) electrons. The summed E-state index contributed by atoms with van der Waals surface area (Å²) >= 11 is 0. The van der Waals surface area contributed by atoms with Gasteiger partial charge in [0.05, 0.1) is 25.4 Å². The summed E-state index contributed by atoms with van der Waals surface area (Å²) < 4.78 is 7.35. The van der Waals surface area contributed by atoms with Crippen molar-refractivity contribution in [2.75, 3.05) is 32.8 Å². The quantitative estimate of drug-likeness (QED) is 0.423. The molecule has 1 aromatic heterocycles. The Morgan fingerprint density at radius 1 is 1.03 bits per heavy atom. The van der Waals surface area contributed by atoms with Crippen molar-refractivity contribution in [3.05, 3.63) is 83.7 Å². The molecule has 4 rings (SSSR count). The number of hydrogen-bond acceptors (Lipinski definition) is 4. The standard InChI is InChI=1S/C25H32N6O/c1-2-26-25(27-18-21-7-5-10-24(17-21)31-12-6-11-29-31)28-19-22-8-3-4-9-23(22)20-30-13-15-32-16-14-30/h3-12,17H,2,13-16,18-20H2,1H3,(H2,26,27,28). The van der Waals surface area contributed by atoms with E-state index >= 15 is 0 Å². The van der Waals surface area contributed by atoms with Crippen LogP contribution in [0.1, 0.15) is 23.6 Å². The summed E-state index contributed by atoms with van der Waals surface area (Å²) in [5.41, 5.74) is 4.83. The molecule has 32 heavy (non-hydrogen) atoms. The number of nitrogens with one attached hydrogen (secondary N) is 2. The predicted octanol–water partition coefficient (Wildman–Crippen LogP) is 2.96. The molecule has 0 amide bonds. The van der Waals surface area contributed by atoms with Crippen LogP contribution in [0.3, 0.4) is 0 Å². The Hall–Kier alpha value is -3.16. The summed E-state index contributed by atoms with van der Waals surface area (Å²) in [6.45, 7) is 8.80. The fourth-order valence-corrected chi connectivity index (χ4v) is 3.79. The van der Waals surface area contributed by atoms with E-state index in [1.54, 1.807) is 6.20 Å². The molecule has 1 fully saturated rings. The highest BCUT2D eigenvalue weighted by Gasteiger charge is 2.12. The molecule has 1 saturated heterocycles. The topological polar surface area (TPSA) is 66.7 Å². The fourth-order valence-electron chi connectivity index (χ4n) is 3.79. The van der Waals surface area contributed by atoms with E-state index in [0.29, 0.717) is 6.54 Å². The Labute approximate surface area is 190 Å². The molecule has 3 aromatic rings. The largest absolute Gasteiger partial charge is 0.379 e. The van der Waals surface area contributed by atoms with Gasteiger partial charge >= 0.3 is 0 Å². The third kappa shape index (κ3) is 6.18. The first kappa shape index (κ1) is 22.0. The van der Waals surface area contributed by atoms with Crippen molar-refractivity contribution in [1.82, 2.24) is 25.3 Å². The Kier molecular flexibility index (Phi) is 7.89. The molecule has 0 aliphatic carbocycles. The zero-order valence-corrected chi connectivity index (χ0v) is 18.7. The van der Waals surface area contributed by atoms with E-state index < -0.39 is 0 Å². The van der Waals surface area contributed by atoms with Gasteiger partial charge in [-0.1, -0.05) is 36.4 Å². The number of aromatic nitrogens is 2. The molecule has 0 spiro atoms. The Balaban J connectivity index is 1.40. The second-order valence-electron chi connectivity index (χ2n) is 7.83. The summed E-state index contributed by atoms with van der Waals surface area (Å²) in [4.78, 5) is 7.26. The van der Waals surface area contributed by atoms with E-state index in [1.807, 2.05) is 23.0 Å². The van der Waals surface area contributed by atoms with Crippen molar-refractivity contribution in [3.63, 3.8) is 0 Å². The van der Waals surface area contributed by atoms with E-state index in [-0.39, 0.29) is 0 Å². The van der Waals surface area contributed by atoms with Gasteiger partial charge in [0, 0.05) is 45.1 Å². The highest BCUT2D eigenvalue weighted by Crippen LogP contribution is 2.13. The van der Waals surface area contributed by atoms with Gasteiger partial charge < -0.3 is 15.4 Å². The number of rotatable bonds is 8. The SMILES string of the molecule is CCNC(=NCc1cccc(-n2cccn2)c1)NCc1ccccc1CN1CCOCC1. The summed E-state index contributed by atoms with van der Waals surface area (Å²) in [5, 5.41) is 11.2. The zero-order valence-electron chi connectivity index (χ0n) is 18.7. The third-order valence-electron chi connectivity index (χ3n) is 5.51. The van der Waals surface area contributed by atoms with E-state index in [2.05, 4.69) is 70.0 Å². The van der Waals surface area contributed by atoms with E-state index in [0.717, 1.165) is 63.1 Å². The van der Waals surface area contributed by atoms with Crippen LogP contribution in [0.5, 0.6) is 0 Å². The van der Waals surface area contributed by atoms with Crippen LogP contribution < -0.4 is 10.6 Å². The van der Waals surface area contributed by atoms with Crippen LogP contribution in [0.4, 0.5) is 0 Å². The molecule has 2 aromatic carbocycles. The zero-order chi connectivity index (χ0) is 22.0. The van der Waals surface area contributed by atoms with Crippen LogP contribution in [0.2, 0.25) is 0 Å². The van der Waals surface area contributed by atoms with Crippen molar-refractivity contribution in [2.24, 2.45) is 4.99 Å². The summed E-state index contributed by atoms with van der Waals surface area (Å²) in [7, 11) is 0. The van der Waals surface area contributed by atoms with Gasteiger partial charge in [-0.15, -0.1) is 0 Å². The first-order valence-corrected chi connectivity index (χ1v) is 11.3. The number of ether oxygens (including phenoxy) is 1. The third-order valence-corrected chi connectivity index (χ3v) is 5.51. The normalized spacial score (nSPS) is 15.0. The van der Waals surface area contributed by atoms with E-state index in [1.165, 1.54) is 11.1 Å². The first-order valence-electron chi connectivity index (χ1n) is 11.3. The Morgan fingerprint density at radius 3 is 2.66 bits per heavy atom. The van der Waals surface area contributed by atoms with Crippen molar-refractivity contribution in [3.8, 4) is 5.69 Å². The molecule has 0 atom stereocenters. The lowest BCUT2D eigenvalue weighted by Gasteiger charge is -2.27. The highest BCUT2D eigenvalue weighted by molar-refractivity contribution is 5.79. The van der Waals surface area contributed by atoms with Crippen LogP contribution in [0.15, 0.2) is 72.0 Å². The van der Waals surface area contributed by atoms with E-state index in [4.69, 9.17) is 9.73 Å². The monoisotopic (exact) mass is 432 g/mol. The number of morpholine rings is 1. The number of benzene rings is 2. The Morgan fingerprint density at radius 2 is 1.88 bits per heavy atom. The minimum Gasteiger partial charge on any atom is -0.379 e. The van der Waals surface area contributed by atoms with Gasteiger partial charge in [-0.2, -0.15) is 5.10 Å². The maximum absolute atomic E-state index is 5.48. The van der Waals surface area contributed by atoms with Gasteiger partial charge in [-0.05, 0) is 41.8 Å². The van der Waals surface area contributed by atoms with Gasteiger partial charge in [-0.3, -0.25) is 4.90 Å². The lowest BCUT2D eigenvalue weighted by atomic mass is 10.1. The van der Waals surface area contributed by atoms with Crippen LogP contribution >= 0.6 is 0 Å². The van der Waals surface area contributed by atoms with Crippen LogP contribution in [0, 0.1) is 0 Å². The fraction of sp³-hybridized carbons (Fsp3) is 0.360. The summed E-state index contributed by atoms with van der Waals surface area (Å²) in [5.74, 6) is 0.818. The molecule has 7 nitrogen and oxygen atoms in total. The van der Waals surface area contributed by atoms with Crippen molar-refractivity contribution >= 4 is 5.96 Å². The molecule has 2 N–H and O–H groups in total. The molecular formula is C25H32N6O. The molecule has 168 valence electrons. The molecule has 7 heteroatoms. The van der Waals surface area contributed by atoms with Crippen LogP contribution in [-0.4, -0.2) is 53.5 Å². The summed E-state index contributed by atoms with van der Waals surface area (Å²) in [6.07, 6.45) is 3.73. The average molecular weight is 433 g/mol. The maximum atomic E-state index is 5.48. The second kappa shape index (κ2) is 11.5. The Bertz CT molecular complexity index is 995. The van der Waals surface area contributed by atoms with Crippen molar-refractivity contribution < 1.29 is 4.74 Å². The molecule has 1 aliphatic rings. The molecule has 0 unspecified atom stereocenters. The second-order valence-corrected chi connectivity index (χ2v) is 7.83. The molecule has 2 heterocycles.